The third-order valence-corrected chi connectivity index (χ3v) is 9.18. The van der Waals surface area contributed by atoms with Crippen molar-refractivity contribution in [3.05, 3.63) is 66.2 Å². The number of anilines is 2. The molecule has 2 amide bonds. The third-order valence-electron chi connectivity index (χ3n) is 9.18. The number of hydrogen-bond donors (Lipinski definition) is 1. The molecule has 0 bridgehead atoms. The molecule has 2 saturated heterocycles. The second-order valence-electron chi connectivity index (χ2n) is 11.6. The largest absolute Gasteiger partial charge is 0.497 e. The molecule has 4 atom stereocenters. The Morgan fingerprint density at radius 1 is 1.18 bits per heavy atom. The number of carbonyl (C=O) groups is 2. The maximum atomic E-state index is 14.4. The highest BCUT2D eigenvalue weighted by Gasteiger charge is 2.65. The van der Waals surface area contributed by atoms with Gasteiger partial charge in [0.25, 0.3) is 5.91 Å². The van der Waals surface area contributed by atoms with Crippen LogP contribution in [0.4, 0.5) is 11.4 Å². The maximum Gasteiger partial charge on any atom is 0.264 e. The number of fused-ring (bicyclic) bond motifs is 2. The van der Waals surface area contributed by atoms with Crippen LogP contribution in [0.2, 0.25) is 0 Å². The molecule has 0 aromatic heterocycles. The van der Waals surface area contributed by atoms with Crippen molar-refractivity contribution >= 4 is 23.2 Å². The fourth-order valence-corrected chi connectivity index (χ4v) is 7.26. The lowest BCUT2D eigenvalue weighted by Gasteiger charge is -2.38. The molecule has 1 spiro atoms. The third kappa shape index (κ3) is 4.27. The highest BCUT2D eigenvalue weighted by molar-refractivity contribution is 6.08. The molecule has 5 rings (SSSR count). The van der Waals surface area contributed by atoms with Gasteiger partial charge in [-0.2, -0.15) is 0 Å². The maximum absolute atomic E-state index is 14.4. The molecular formula is C32H40N2O5. The first kappa shape index (κ1) is 27.4. The smallest absolute Gasteiger partial charge is 0.264 e. The molecule has 0 aliphatic carbocycles. The van der Waals surface area contributed by atoms with E-state index in [1.807, 2.05) is 35.2 Å². The summed E-state index contributed by atoms with van der Waals surface area (Å²) in [6.45, 7) is 11.4. The zero-order valence-electron chi connectivity index (χ0n) is 23.5. The number of aliphatic hydroxyl groups is 1. The Hall–Kier alpha value is -3.16. The average molecular weight is 533 g/mol. The van der Waals surface area contributed by atoms with Crippen LogP contribution in [0.5, 0.6) is 5.75 Å². The number of hydrogen-bond acceptors (Lipinski definition) is 5. The van der Waals surface area contributed by atoms with E-state index in [1.54, 1.807) is 18.1 Å². The van der Waals surface area contributed by atoms with Crippen molar-refractivity contribution in [2.75, 3.05) is 36.6 Å². The van der Waals surface area contributed by atoms with Gasteiger partial charge in [0, 0.05) is 49.2 Å². The molecule has 1 N–H and O–H groups in total. The zero-order chi connectivity index (χ0) is 27.9. The number of ether oxygens (including phenoxy) is 2. The van der Waals surface area contributed by atoms with Gasteiger partial charge in [-0.05, 0) is 60.6 Å². The van der Waals surface area contributed by atoms with E-state index in [2.05, 4.69) is 39.5 Å². The van der Waals surface area contributed by atoms with Crippen LogP contribution in [0, 0.1) is 11.8 Å². The average Bonchev–Trinajstić information content (AvgIpc) is 3.36. The fourth-order valence-electron chi connectivity index (χ4n) is 7.26. The first-order valence-electron chi connectivity index (χ1n) is 14.0. The lowest BCUT2D eigenvalue weighted by molar-refractivity contribution is -0.146. The summed E-state index contributed by atoms with van der Waals surface area (Å²) in [4.78, 5) is 30.8. The number of benzene rings is 2. The Kier molecular flexibility index (Phi) is 7.33. The Bertz CT molecular complexity index is 1260. The summed E-state index contributed by atoms with van der Waals surface area (Å²) in [6.07, 6.45) is 4.20. The monoisotopic (exact) mass is 532 g/mol. The summed E-state index contributed by atoms with van der Waals surface area (Å²) >= 11 is 0. The van der Waals surface area contributed by atoms with E-state index in [1.165, 1.54) is 0 Å². The van der Waals surface area contributed by atoms with E-state index in [-0.39, 0.29) is 41.8 Å². The minimum absolute atomic E-state index is 0.0393. The number of rotatable bonds is 8. The van der Waals surface area contributed by atoms with Crippen LogP contribution in [0.25, 0.3) is 0 Å². The SMILES string of the molecule is C=CCN1C(=O)[C@@]2(O[C@@H](CCO)[C@H](C(C)(C)c3ccc(OC)cc3)[C@H]2C)c2cc(N3CCCCC3=O)ccc21. The summed E-state index contributed by atoms with van der Waals surface area (Å²) in [5, 5.41) is 10.1. The number of aliphatic hydroxyl groups excluding tert-OH is 1. The molecule has 0 unspecified atom stereocenters. The van der Waals surface area contributed by atoms with E-state index in [0.29, 0.717) is 25.9 Å². The summed E-state index contributed by atoms with van der Waals surface area (Å²) in [5.41, 5.74) is 1.92. The molecule has 7 heteroatoms. The first-order valence-corrected chi connectivity index (χ1v) is 14.0. The molecule has 2 aromatic carbocycles. The molecule has 3 aliphatic heterocycles. The van der Waals surface area contributed by atoms with Gasteiger partial charge in [-0.15, -0.1) is 6.58 Å². The zero-order valence-corrected chi connectivity index (χ0v) is 23.5. The predicted molar refractivity (Wildman–Crippen MR) is 152 cm³/mol. The second kappa shape index (κ2) is 10.4. The summed E-state index contributed by atoms with van der Waals surface area (Å²) in [7, 11) is 1.65. The van der Waals surface area contributed by atoms with Crippen LogP contribution in [0.1, 0.15) is 57.6 Å². The van der Waals surface area contributed by atoms with Crippen molar-refractivity contribution < 1.29 is 24.2 Å². The highest BCUT2D eigenvalue weighted by atomic mass is 16.5. The fraction of sp³-hybridized carbons (Fsp3) is 0.500. The number of piperidine rings is 1. The standard InChI is InChI=1S/C32H40N2O5/c1-6-17-34-26-15-12-23(33-18-8-7-9-28(33)36)20-25(26)32(30(34)37)21(2)29(27(39-32)16-19-35)31(3,4)22-10-13-24(38-5)14-11-22/h6,10-15,20-21,27,29,35H,1,7-9,16-19H2,2-5H3/t21-,27+,29-,32+/m1/s1. The molecule has 208 valence electrons. The minimum Gasteiger partial charge on any atom is -0.497 e. The van der Waals surface area contributed by atoms with Gasteiger partial charge < -0.3 is 24.4 Å². The van der Waals surface area contributed by atoms with Gasteiger partial charge >= 0.3 is 0 Å². The van der Waals surface area contributed by atoms with Crippen LogP contribution in [-0.2, 0) is 25.3 Å². The summed E-state index contributed by atoms with van der Waals surface area (Å²) < 4.78 is 12.3. The number of methoxy groups -OCH3 is 1. The highest BCUT2D eigenvalue weighted by Crippen LogP contribution is 2.60. The van der Waals surface area contributed by atoms with Gasteiger partial charge in [0.2, 0.25) is 5.91 Å². The van der Waals surface area contributed by atoms with Crippen molar-refractivity contribution in [1.82, 2.24) is 0 Å². The Morgan fingerprint density at radius 3 is 2.56 bits per heavy atom. The lowest BCUT2D eigenvalue weighted by Crippen LogP contribution is -2.46. The summed E-state index contributed by atoms with van der Waals surface area (Å²) in [5.74, 6) is 0.509. The van der Waals surface area contributed by atoms with E-state index in [9.17, 15) is 14.7 Å². The van der Waals surface area contributed by atoms with E-state index < -0.39 is 5.60 Å². The molecular weight excluding hydrogens is 492 g/mol. The molecule has 3 heterocycles. The van der Waals surface area contributed by atoms with Gasteiger partial charge in [0.05, 0.1) is 18.9 Å². The van der Waals surface area contributed by atoms with Gasteiger partial charge in [-0.1, -0.05) is 39.0 Å². The quantitative estimate of drug-likeness (QED) is 0.487. The number of carbonyl (C=O) groups excluding carboxylic acids is 2. The van der Waals surface area contributed by atoms with Gasteiger partial charge in [-0.3, -0.25) is 9.59 Å². The minimum atomic E-state index is -1.22. The van der Waals surface area contributed by atoms with Gasteiger partial charge in [0.1, 0.15) is 5.75 Å². The van der Waals surface area contributed by atoms with Gasteiger partial charge in [0.15, 0.2) is 5.60 Å². The van der Waals surface area contributed by atoms with E-state index >= 15 is 0 Å². The molecule has 3 aliphatic rings. The van der Waals surface area contributed by atoms with Crippen molar-refractivity contribution in [3.8, 4) is 5.75 Å². The van der Waals surface area contributed by atoms with E-state index in [0.717, 1.165) is 41.1 Å². The molecule has 2 fully saturated rings. The van der Waals surface area contributed by atoms with Crippen LogP contribution >= 0.6 is 0 Å². The van der Waals surface area contributed by atoms with Crippen molar-refractivity contribution in [3.63, 3.8) is 0 Å². The Morgan fingerprint density at radius 2 is 1.92 bits per heavy atom. The molecule has 7 nitrogen and oxygen atoms in total. The molecule has 0 radical (unpaired) electrons. The van der Waals surface area contributed by atoms with Crippen molar-refractivity contribution in [2.45, 2.75) is 63.6 Å². The first-order chi connectivity index (χ1) is 18.7. The van der Waals surface area contributed by atoms with Crippen LogP contribution in [-0.4, -0.2) is 49.8 Å². The molecule has 0 saturated carbocycles. The lowest BCUT2D eigenvalue weighted by atomic mass is 9.63. The molecule has 39 heavy (non-hydrogen) atoms. The summed E-state index contributed by atoms with van der Waals surface area (Å²) in [6, 6.07) is 13.9. The number of amides is 2. The molecule has 2 aromatic rings. The van der Waals surface area contributed by atoms with Crippen LogP contribution in [0.15, 0.2) is 55.1 Å². The number of nitrogens with zero attached hydrogens (tertiary/aromatic N) is 2. The Labute approximate surface area is 231 Å². The van der Waals surface area contributed by atoms with Crippen LogP contribution in [0.3, 0.4) is 0 Å². The van der Waals surface area contributed by atoms with E-state index in [4.69, 9.17) is 9.47 Å². The van der Waals surface area contributed by atoms with Crippen LogP contribution < -0.4 is 14.5 Å². The predicted octanol–water partition coefficient (Wildman–Crippen LogP) is 4.95. The second-order valence-corrected chi connectivity index (χ2v) is 11.6. The van der Waals surface area contributed by atoms with Crippen molar-refractivity contribution in [2.24, 2.45) is 11.8 Å². The van der Waals surface area contributed by atoms with Crippen molar-refractivity contribution in [1.29, 1.82) is 0 Å². The van der Waals surface area contributed by atoms with Gasteiger partial charge in [-0.25, -0.2) is 0 Å². The Balaban J connectivity index is 1.63. The normalized spacial score (nSPS) is 26.8. The topological polar surface area (TPSA) is 79.3 Å².